The molecule has 1 aliphatic rings. The van der Waals surface area contributed by atoms with Crippen molar-refractivity contribution < 1.29 is 9.84 Å². The van der Waals surface area contributed by atoms with Gasteiger partial charge in [-0.25, -0.2) is 4.98 Å². The first kappa shape index (κ1) is 10.6. The largest absolute Gasteiger partial charge is 0.387 e. The van der Waals surface area contributed by atoms with Crippen LogP contribution in [0.3, 0.4) is 0 Å². The van der Waals surface area contributed by atoms with E-state index in [1.54, 1.807) is 13.3 Å². The Labute approximate surface area is 89.9 Å². The molecule has 1 heterocycles. The molecule has 0 bridgehead atoms. The molecule has 1 N–H and O–H groups in total. The summed E-state index contributed by atoms with van der Waals surface area (Å²) in [5.41, 5.74) is 0.952. The van der Waals surface area contributed by atoms with E-state index in [-0.39, 0.29) is 0 Å². The molecule has 0 saturated heterocycles. The Balaban J connectivity index is 1.92. The Morgan fingerprint density at radius 2 is 2.47 bits per heavy atom. The normalized spacial score (nSPS) is 18.0. The van der Waals surface area contributed by atoms with Crippen LogP contribution in [0, 0.1) is 0 Å². The van der Waals surface area contributed by atoms with Crippen LogP contribution in [0.2, 0.25) is 0 Å². The predicted octanol–water partition coefficient (Wildman–Crippen LogP) is 1.68. The van der Waals surface area contributed by atoms with Gasteiger partial charge in [0.05, 0.1) is 24.3 Å². The lowest BCUT2D eigenvalue weighted by Crippen LogP contribution is -2.06. The van der Waals surface area contributed by atoms with Crippen LogP contribution in [0.15, 0.2) is 12.5 Å². The summed E-state index contributed by atoms with van der Waals surface area (Å²) in [4.78, 5) is 4.10. The van der Waals surface area contributed by atoms with Crippen molar-refractivity contribution in [3.63, 3.8) is 0 Å². The van der Waals surface area contributed by atoms with Crippen LogP contribution in [0.4, 0.5) is 0 Å². The molecular weight excluding hydrogens is 192 g/mol. The lowest BCUT2D eigenvalue weighted by atomic mass is 10.1. The number of imidazole rings is 1. The van der Waals surface area contributed by atoms with Gasteiger partial charge in [0, 0.05) is 19.8 Å². The van der Waals surface area contributed by atoms with E-state index in [0.717, 1.165) is 18.5 Å². The van der Waals surface area contributed by atoms with Gasteiger partial charge in [0.15, 0.2) is 0 Å². The molecule has 0 spiro atoms. The molecular formula is C11H18N2O2. The third-order valence-corrected chi connectivity index (χ3v) is 2.80. The maximum atomic E-state index is 9.98. The molecule has 84 valence electrons. The van der Waals surface area contributed by atoms with Gasteiger partial charge in [0.2, 0.25) is 0 Å². The van der Waals surface area contributed by atoms with Gasteiger partial charge in [-0.05, 0) is 25.7 Å². The summed E-state index contributed by atoms with van der Waals surface area (Å²) in [5, 5.41) is 9.98. The smallest absolute Gasteiger partial charge is 0.0956 e. The molecule has 4 heteroatoms. The minimum Gasteiger partial charge on any atom is -0.387 e. The molecule has 2 rings (SSSR count). The van der Waals surface area contributed by atoms with Crippen molar-refractivity contribution in [2.75, 3.05) is 13.7 Å². The van der Waals surface area contributed by atoms with Crippen LogP contribution < -0.4 is 0 Å². The van der Waals surface area contributed by atoms with Gasteiger partial charge >= 0.3 is 0 Å². The third kappa shape index (κ3) is 2.58. The fraction of sp³-hybridized carbons (Fsp3) is 0.727. The number of ether oxygens (including phenoxy) is 1. The van der Waals surface area contributed by atoms with E-state index >= 15 is 0 Å². The average molecular weight is 210 g/mol. The van der Waals surface area contributed by atoms with Crippen LogP contribution in [0.25, 0.3) is 0 Å². The first-order valence-corrected chi connectivity index (χ1v) is 5.51. The van der Waals surface area contributed by atoms with Gasteiger partial charge in [0.1, 0.15) is 0 Å². The van der Waals surface area contributed by atoms with E-state index in [4.69, 9.17) is 4.74 Å². The zero-order valence-electron chi connectivity index (χ0n) is 9.09. The molecule has 0 aromatic carbocycles. The lowest BCUT2D eigenvalue weighted by molar-refractivity contribution is 0.130. The Bertz CT molecular complexity index is 307. The van der Waals surface area contributed by atoms with Crippen molar-refractivity contribution in [2.45, 2.75) is 37.8 Å². The standard InChI is InChI=1S/C11H18N2O2/c1-15-6-2-3-11(14)10-7-12-8-13(10)9-4-5-9/h7-9,11,14H,2-6H2,1H3. The van der Waals surface area contributed by atoms with Gasteiger partial charge in [-0.15, -0.1) is 0 Å². The summed E-state index contributed by atoms with van der Waals surface area (Å²) < 4.78 is 7.07. The number of rotatable bonds is 6. The third-order valence-electron chi connectivity index (χ3n) is 2.80. The van der Waals surface area contributed by atoms with Gasteiger partial charge in [-0.1, -0.05) is 0 Å². The molecule has 0 amide bonds. The molecule has 1 unspecified atom stereocenters. The Morgan fingerprint density at radius 1 is 1.67 bits per heavy atom. The van der Waals surface area contributed by atoms with Crippen molar-refractivity contribution in [3.8, 4) is 0 Å². The highest BCUT2D eigenvalue weighted by molar-refractivity contribution is 5.06. The van der Waals surface area contributed by atoms with E-state index < -0.39 is 6.10 Å². The van der Waals surface area contributed by atoms with Crippen LogP contribution in [0.1, 0.15) is 43.5 Å². The number of aliphatic hydroxyl groups excluding tert-OH is 1. The highest BCUT2D eigenvalue weighted by Crippen LogP contribution is 2.37. The van der Waals surface area contributed by atoms with Crippen LogP contribution in [-0.4, -0.2) is 28.4 Å². The maximum Gasteiger partial charge on any atom is 0.0956 e. The van der Waals surface area contributed by atoms with Crippen LogP contribution in [0.5, 0.6) is 0 Å². The van der Waals surface area contributed by atoms with E-state index in [0.29, 0.717) is 12.6 Å². The lowest BCUT2D eigenvalue weighted by Gasteiger charge is -2.12. The average Bonchev–Trinajstić information content (AvgIpc) is 2.96. The molecule has 1 saturated carbocycles. The monoisotopic (exact) mass is 210 g/mol. The number of hydrogen-bond donors (Lipinski definition) is 1. The summed E-state index contributed by atoms with van der Waals surface area (Å²) in [6, 6.07) is 0.583. The predicted molar refractivity (Wildman–Crippen MR) is 56.6 cm³/mol. The summed E-state index contributed by atoms with van der Waals surface area (Å²) in [5.74, 6) is 0. The molecule has 1 aromatic heterocycles. The SMILES string of the molecule is COCCCC(O)c1cncn1C1CC1. The Morgan fingerprint density at radius 3 is 3.13 bits per heavy atom. The van der Waals surface area contributed by atoms with E-state index in [9.17, 15) is 5.11 Å². The first-order chi connectivity index (χ1) is 7.33. The second kappa shape index (κ2) is 4.77. The highest BCUT2D eigenvalue weighted by atomic mass is 16.5. The molecule has 1 fully saturated rings. The Hall–Kier alpha value is -0.870. The van der Waals surface area contributed by atoms with Gasteiger partial charge < -0.3 is 14.4 Å². The fourth-order valence-corrected chi connectivity index (χ4v) is 1.80. The molecule has 1 atom stereocenters. The molecule has 0 radical (unpaired) electrons. The van der Waals surface area contributed by atoms with Crippen molar-refractivity contribution >= 4 is 0 Å². The van der Waals surface area contributed by atoms with E-state index in [1.165, 1.54) is 12.8 Å². The van der Waals surface area contributed by atoms with Gasteiger partial charge in [0.25, 0.3) is 0 Å². The number of aliphatic hydroxyl groups is 1. The van der Waals surface area contributed by atoms with Crippen LogP contribution in [-0.2, 0) is 4.74 Å². The molecule has 4 nitrogen and oxygen atoms in total. The van der Waals surface area contributed by atoms with Crippen molar-refractivity contribution in [2.24, 2.45) is 0 Å². The summed E-state index contributed by atoms with van der Waals surface area (Å²) in [7, 11) is 1.68. The van der Waals surface area contributed by atoms with E-state index in [2.05, 4.69) is 9.55 Å². The molecule has 0 aliphatic heterocycles. The highest BCUT2D eigenvalue weighted by Gasteiger charge is 2.27. The molecule has 15 heavy (non-hydrogen) atoms. The number of hydrogen-bond acceptors (Lipinski definition) is 3. The number of methoxy groups -OCH3 is 1. The molecule has 1 aliphatic carbocycles. The summed E-state index contributed by atoms with van der Waals surface area (Å²) >= 11 is 0. The van der Waals surface area contributed by atoms with Crippen molar-refractivity contribution in [1.29, 1.82) is 0 Å². The second-order valence-corrected chi connectivity index (χ2v) is 4.11. The number of aromatic nitrogens is 2. The fourth-order valence-electron chi connectivity index (χ4n) is 1.80. The Kier molecular flexibility index (Phi) is 3.38. The second-order valence-electron chi connectivity index (χ2n) is 4.11. The minimum absolute atomic E-state index is 0.400. The van der Waals surface area contributed by atoms with Crippen LogP contribution >= 0.6 is 0 Å². The zero-order chi connectivity index (χ0) is 10.7. The van der Waals surface area contributed by atoms with Crippen molar-refractivity contribution in [1.82, 2.24) is 9.55 Å². The quantitative estimate of drug-likeness (QED) is 0.727. The maximum absolute atomic E-state index is 9.98. The van der Waals surface area contributed by atoms with Gasteiger partial charge in [-0.2, -0.15) is 0 Å². The van der Waals surface area contributed by atoms with Gasteiger partial charge in [-0.3, -0.25) is 0 Å². The minimum atomic E-state index is -0.400. The number of nitrogens with zero attached hydrogens (tertiary/aromatic N) is 2. The zero-order valence-corrected chi connectivity index (χ0v) is 9.09. The topological polar surface area (TPSA) is 47.3 Å². The first-order valence-electron chi connectivity index (χ1n) is 5.51. The van der Waals surface area contributed by atoms with E-state index in [1.807, 2.05) is 6.33 Å². The van der Waals surface area contributed by atoms with Crippen molar-refractivity contribution in [3.05, 3.63) is 18.2 Å². The summed E-state index contributed by atoms with van der Waals surface area (Å²) in [6.45, 7) is 0.703. The molecule has 1 aromatic rings. The summed E-state index contributed by atoms with van der Waals surface area (Å²) in [6.07, 6.45) is 7.26.